The molecule has 2 aromatic carbocycles. The Morgan fingerprint density at radius 2 is 1.92 bits per heavy atom. The van der Waals surface area contributed by atoms with E-state index in [1.165, 1.54) is 15.9 Å². The number of aromatic nitrogens is 1. The number of fused-ring (bicyclic) bond motifs is 1. The molecule has 7 nitrogen and oxygen atoms in total. The molecule has 188 valence electrons. The predicted molar refractivity (Wildman–Crippen MR) is 141 cm³/mol. The van der Waals surface area contributed by atoms with Gasteiger partial charge >= 0.3 is 5.97 Å². The van der Waals surface area contributed by atoms with Crippen LogP contribution >= 0.6 is 11.3 Å². The molecule has 0 spiro atoms. The number of nitrogens with zero attached hydrogens (tertiary/aromatic N) is 2. The molecule has 0 saturated heterocycles. The second-order valence-electron chi connectivity index (χ2n) is 8.37. The molecule has 8 heteroatoms. The highest BCUT2D eigenvalue weighted by atomic mass is 32.1. The fourth-order valence-corrected chi connectivity index (χ4v) is 5.23. The van der Waals surface area contributed by atoms with Gasteiger partial charge in [0.05, 0.1) is 29.9 Å². The van der Waals surface area contributed by atoms with Crippen molar-refractivity contribution in [2.75, 3.05) is 13.7 Å². The highest BCUT2D eigenvalue weighted by Gasteiger charge is 2.29. The molecule has 1 aliphatic rings. The molecule has 1 aliphatic heterocycles. The van der Waals surface area contributed by atoms with Gasteiger partial charge in [0.2, 0.25) is 0 Å². The molecule has 3 aromatic rings. The van der Waals surface area contributed by atoms with E-state index in [0.29, 0.717) is 45.1 Å². The number of benzene rings is 2. The Bertz CT molecular complexity index is 1450. The minimum absolute atomic E-state index is 0.212. The summed E-state index contributed by atoms with van der Waals surface area (Å²) in [7, 11) is 1.59. The Balaban J connectivity index is 1.70. The molecular formula is C28H30N2O5S. The third kappa shape index (κ3) is 5.28. The Morgan fingerprint density at radius 1 is 1.14 bits per heavy atom. The van der Waals surface area contributed by atoms with Crippen molar-refractivity contribution in [1.29, 1.82) is 0 Å². The van der Waals surface area contributed by atoms with Gasteiger partial charge in [-0.1, -0.05) is 61.1 Å². The summed E-state index contributed by atoms with van der Waals surface area (Å²) in [6.45, 7) is 6.29. The molecule has 0 saturated carbocycles. The molecule has 1 atom stereocenters. The van der Waals surface area contributed by atoms with E-state index in [1.807, 2.05) is 61.5 Å². The van der Waals surface area contributed by atoms with Gasteiger partial charge in [-0.2, -0.15) is 0 Å². The topological polar surface area (TPSA) is 79.1 Å². The monoisotopic (exact) mass is 506 g/mol. The first-order chi connectivity index (χ1) is 17.5. The van der Waals surface area contributed by atoms with Crippen molar-refractivity contribution in [3.63, 3.8) is 0 Å². The SMILES string of the molecule is CCC[C@@H]1N=c2s/c(=C\c3ccc(OCc4ccccc4)c(OC)c3)c(=O)n2C(C)=C1C(=O)OCC. The predicted octanol–water partition coefficient (Wildman–Crippen LogP) is 3.92. The summed E-state index contributed by atoms with van der Waals surface area (Å²) < 4.78 is 18.8. The van der Waals surface area contributed by atoms with Gasteiger partial charge in [0, 0.05) is 5.70 Å². The molecule has 0 amide bonds. The van der Waals surface area contributed by atoms with Gasteiger partial charge in [-0.3, -0.25) is 9.36 Å². The van der Waals surface area contributed by atoms with Gasteiger partial charge in [-0.25, -0.2) is 9.79 Å². The first kappa shape index (κ1) is 25.4. The molecule has 0 bridgehead atoms. The fraction of sp³-hybridized carbons (Fsp3) is 0.321. The van der Waals surface area contributed by atoms with Gasteiger partial charge in [0.15, 0.2) is 16.3 Å². The summed E-state index contributed by atoms with van der Waals surface area (Å²) in [5.41, 5.74) is 2.69. The van der Waals surface area contributed by atoms with Crippen LogP contribution in [-0.4, -0.2) is 30.3 Å². The third-order valence-corrected chi connectivity index (χ3v) is 6.89. The number of rotatable bonds is 9. The number of methoxy groups -OCH3 is 1. The van der Waals surface area contributed by atoms with Gasteiger partial charge in [-0.15, -0.1) is 0 Å². The van der Waals surface area contributed by atoms with Crippen LogP contribution in [0.3, 0.4) is 0 Å². The lowest BCUT2D eigenvalue weighted by Gasteiger charge is -2.21. The maximum absolute atomic E-state index is 13.3. The summed E-state index contributed by atoms with van der Waals surface area (Å²) in [6, 6.07) is 15.1. The standard InChI is InChI=1S/C28H30N2O5S/c1-5-10-21-25(27(32)34-6-2)18(3)30-26(31)24(36-28(30)29-21)16-20-13-14-22(23(15-20)33-4)35-17-19-11-8-7-9-12-19/h7-9,11-16,21H,5-6,10,17H2,1-4H3/b24-16-/t21-/m0/s1. The Morgan fingerprint density at radius 3 is 2.61 bits per heavy atom. The molecule has 2 heterocycles. The second kappa shape index (κ2) is 11.4. The van der Waals surface area contributed by atoms with Gasteiger partial charge in [-0.05, 0) is 49.6 Å². The second-order valence-corrected chi connectivity index (χ2v) is 9.38. The molecule has 1 aromatic heterocycles. The largest absolute Gasteiger partial charge is 0.493 e. The zero-order valence-corrected chi connectivity index (χ0v) is 21.8. The van der Waals surface area contributed by atoms with E-state index in [2.05, 4.69) is 0 Å². The first-order valence-electron chi connectivity index (χ1n) is 12.0. The van der Waals surface area contributed by atoms with E-state index in [4.69, 9.17) is 19.2 Å². The molecular weight excluding hydrogens is 476 g/mol. The maximum atomic E-state index is 13.3. The van der Waals surface area contributed by atoms with Crippen molar-refractivity contribution >= 4 is 29.1 Å². The fourth-order valence-electron chi connectivity index (χ4n) is 4.17. The van der Waals surface area contributed by atoms with Crippen LogP contribution in [0.5, 0.6) is 11.5 Å². The van der Waals surface area contributed by atoms with Crippen molar-refractivity contribution in [3.8, 4) is 11.5 Å². The quantitative estimate of drug-likeness (QED) is 0.411. The maximum Gasteiger partial charge on any atom is 0.337 e. The van der Waals surface area contributed by atoms with Crippen LogP contribution in [0, 0.1) is 0 Å². The lowest BCUT2D eigenvalue weighted by atomic mass is 10.00. The average Bonchev–Trinajstić information content (AvgIpc) is 3.19. The number of hydrogen-bond donors (Lipinski definition) is 0. The Kier molecular flexibility index (Phi) is 8.05. The molecule has 0 fully saturated rings. The van der Waals surface area contributed by atoms with Crippen LogP contribution in [-0.2, 0) is 16.1 Å². The van der Waals surface area contributed by atoms with Crippen LogP contribution in [0.2, 0.25) is 0 Å². The number of ether oxygens (including phenoxy) is 3. The zero-order chi connectivity index (χ0) is 25.7. The zero-order valence-electron chi connectivity index (χ0n) is 20.9. The van der Waals surface area contributed by atoms with E-state index in [1.54, 1.807) is 21.0 Å². The highest BCUT2D eigenvalue weighted by molar-refractivity contribution is 7.07. The number of hydrogen-bond acceptors (Lipinski definition) is 7. The Labute approximate surface area is 214 Å². The summed E-state index contributed by atoms with van der Waals surface area (Å²) in [4.78, 5) is 31.4. The number of carbonyl (C=O) groups excluding carboxylic acids is 1. The molecule has 0 aliphatic carbocycles. The van der Waals surface area contributed by atoms with Crippen molar-refractivity contribution < 1.29 is 19.0 Å². The summed E-state index contributed by atoms with van der Waals surface area (Å²) in [5, 5.41) is 0. The van der Waals surface area contributed by atoms with Crippen LogP contribution in [0.1, 0.15) is 44.7 Å². The number of thiazole rings is 1. The van der Waals surface area contributed by atoms with Crippen LogP contribution in [0.4, 0.5) is 0 Å². The van der Waals surface area contributed by atoms with Crippen molar-refractivity contribution in [2.45, 2.75) is 46.3 Å². The van der Waals surface area contributed by atoms with Crippen molar-refractivity contribution in [2.24, 2.45) is 4.99 Å². The number of allylic oxidation sites excluding steroid dienone is 1. The molecule has 0 N–H and O–H groups in total. The summed E-state index contributed by atoms with van der Waals surface area (Å²) >= 11 is 1.31. The summed E-state index contributed by atoms with van der Waals surface area (Å²) in [5.74, 6) is 0.785. The average molecular weight is 507 g/mol. The number of esters is 1. The Hall–Kier alpha value is -3.65. The first-order valence-corrected chi connectivity index (χ1v) is 12.8. The highest BCUT2D eigenvalue weighted by Crippen LogP contribution is 2.29. The lowest BCUT2D eigenvalue weighted by Crippen LogP contribution is -2.37. The van der Waals surface area contributed by atoms with E-state index >= 15 is 0 Å². The van der Waals surface area contributed by atoms with E-state index in [0.717, 1.165) is 17.5 Å². The molecule has 36 heavy (non-hydrogen) atoms. The van der Waals surface area contributed by atoms with E-state index in [-0.39, 0.29) is 18.2 Å². The normalized spacial score (nSPS) is 15.3. The van der Waals surface area contributed by atoms with E-state index < -0.39 is 5.97 Å². The van der Waals surface area contributed by atoms with Gasteiger partial charge < -0.3 is 14.2 Å². The molecule has 0 unspecified atom stereocenters. The van der Waals surface area contributed by atoms with Crippen LogP contribution in [0.25, 0.3) is 11.8 Å². The molecule has 0 radical (unpaired) electrons. The summed E-state index contributed by atoms with van der Waals surface area (Å²) in [6.07, 6.45) is 3.37. The molecule has 4 rings (SSSR count). The number of carbonyl (C=O) groups is 1. The van der Waals surface area contributed by atoms with Crippen molar-refractivity contribution in [1.82, 2.24) is 4.57 Å². The van der Waals surface area contributed by atoms with Crippen molar-refractivity contribution in [3.05, 3.63) is 84.9 Å². The minimum Gasteiger partial charge on any atom is -0.493 e. The van der Waals surface area contributed by atoms with Gasteiger partial charge in [0.25, 0.3) is 5.56 Å². The van der Waals surface area contributed by atoms with E-state index in [9.17, 15) is 9.59 Å². The van der Waals surface area contributed by atoms with Gasteiger partial charge in [0.1, 0.15) is 6.61 Å². The third-order valence-electron chi connectivity index (χ3n) is 5.91. The van der Waals surface area contributed by atoms with Crippen LogP contribution < -0.4 is 24.4 Å². The van der Waals surface area contributed by atoms with Crippen LogP contribution in [0.15, 0.2) is 63.9 Å². The minimum atomic E-state index is -0.415. The smallest absolute Gasteiger partial charge is 0.337 e. The lowest BCUT2D eigenvalue weighted by molar-refractivity contribution is -0.138.